The first kappa shape index (κ1) is 13.0. The van der Waals surface area contributed by atoms with Crippen LogP contribution < -0.4 is 5.32 Å². The molecule has 0 fully saturated rings. The topological polar surface area (TPSA) is 29.9 Å². The molecule has 1 aromatic rings. The third kappa shape index (κ3) is 3.20. The van der Waals surface area contributed by atoms with Crippen LogP contribution in [-0.2, 0) is 7.05 Å². The molecule has 1 unspecified atom stereocenters. The van der Waals surface area contributed by atoms with Gasteiger partial charge in [0.25, 0.3) is 0 Å². The lowest BCUT2D eigenvalue weighted by molar-refractivity contribution is 0.540. The molecule has 0 spiro atoms. The van der Waals surface area contributed by atoms with E-state index in [4.69, 9.17) is 0 Å². The predicted molar refractivity (Wildman–Crippen MR) is 68.4 cm³/mol. The van der Waals surface area contributed by atoms with Crippen molar-refractivity contribution in [2.24, 2.45) is 7.05 Å². The Morgan fingerprint density at radius 1 is 1.56 bits per heavy atom. The maximum Gasteiger partial charge on any atom is 0.0641 e. The van der Waals surface area contributed by atoms with E-state index in [9.17, 15) is 0 Å². The molecule has 0 aliphatic heterocycles. The van der Waals surface area contributed by atoms with Crippen molar-refractivity contribution in [3.8, 4) is 0 Å². The monoisotopic (exact) mass is 221 g/mol. The average molecular weight is 221 g/mol. The van der Waals surface area contributed by atoms with Gasteiger partial charge in [-0.15, -0.1) is 0 Å². The molecule has 1 N–H and O–H groups in total. The van der Waals surface area contributed by atoms with Gasteiger partial charge >= 0.3 is 0 Å². The second kappa shape index (κ2) is 5.85. The molecule has 16 heavy (non-hydrogen) atoms. The summed E-state index contributed by atoms with van der Waals surface area (Å²) in [5.41, 5.74) is 3.69. The smallest absolute Gasteiger partial charge is 0.0641 e. The maximum absolute atomic E-state index is 4.39. The van der Waals surface area contributed by atoms with E-state index in [-0.39, 0.29) is 0 Å². The fourth-order valence-electron chi connectivity index (χ4n) is 1.93. The molecule has 0 aliphatic rings. The van der Waals surface area contributed by atoms with Crippen LogP contribution in [0.25, 0.3) is 0 Å². The highest BCUT2D eigenvalue weighted by Gasteiger charge is 2.15. The van der Waals surface area contributed by atoms with Gasteiger partial charge < -0.3 is 5.32 Å². The Hall–Kier alpha value is -1.09. The number of hydrogen-bond donors (Lipinski definition) is 1. The van der Waals surface area contributed by atoms with Crippen LogP contribution in [0.15, 0.2) is 18.3 Å². The summed E-state index contributed by atoms with van der Waals surface area (Å²) in [6.45, 7) is 11.4. The number of rotatable bonds is 6. The molecular formula is C13H23N3. The van der Waals surface area contributed by atoms with Gasteiger partial charge in [0.05, 0.1) is 5.69 Å². The van der Waals surface area contributed by atoms with Gasteiger partial charge in [-0.1, -0.05) is 26.0 Å². The Morgan fingerprint density at radius 2 is 2.25 bits per heavy atom. The summed E-state index contributed by atoms with van der Waals surface area (Å²) in [6, 6.07) is 0.353. The summed E-state index contributed by atoms with van der Waals surface area (Å²) < 4.78 is 1.88. The standard InChI is InChI=1S/C13H23N3/c1-6-10(3)8-13(14-7-2)12-9-16(5)15-11(12)4/h9,13-14H,3,6-8H2,1-2,4-5H3. The molecule has 1 aromatic heterocycles. The number of nitrogens with one attached hydrogen (secondary N) is 1. The van der Waals surface area contributed by atoms with Gasteiger partial charge in [0.1, 0.15) is 0 Å². The molecule has 0 aromatic carbocycles. The number of nitrogens with zero attached hydrogens (tertiary/aromatic N) is 2. The van der Waals surface area contributed by atoms with Crippen molar-refractivity contribution in [2.75, 3.05) is 6.54 Å². The summed E-state index contributed by atoms with van der Waals surface area (Å²) in [5.74, 6) is 0. The lowest BCUT2D eigenvalue weighted by Gasteiger charge is -2.18. The lowest BCUT2D eigenvalue weighted by atomic mass is 9.99. The van der Waals surface area contributed by atoms with Gasteiger partial charge in [0.15, 0.2) is 0 Å². The zero-order valence-electron chi connectivity index (χ0n) is 10.9. The SMILES string of the molecule is C=C(CC)CC(NCC)c1cn(C)nc1C. The maximum atomic E-state index is 4.39. The summed E-state index contributed by atoms with van der Waals surface area (Å²) in [6.07, 6.45) is 4.14. The summed E-state index contributed by atoms with van der Waals surface area (Å²) in [7, 11) is 1.97. The lowest BCUT2D eigenvalue weighted by Crippen LogP contribution is -2.21. The van der Waals surface area contributed by atoms with E-state index in [1.807, 2.05) is 11.7 Å². The van der Waals surface area contributed by atoms with Crippen molar-refractivity contribution in [1.29, 1.82) is 0 Å². The Kier molecular flexibility index (Phi) is 4.74. The van der Waals surface area contributed by atoms with Crippen LogP contribution in [0.2, 0.25) is 0 Å². The molecular weight excluding hydrogens is 198 g/mol. The van der Waals surface area contributed by atoms with E-state index in [2.05, 4.69) is 44.0 Å². The van der Waals surface area contributed by atoms with Gasteiger partial charge in [-0.25, -0.2) is 0 Å². The van der Waals surface area contributed by atoms with E-state index in [0.29, 0.717) is 6.04 Å². The predicted octanol–water partition coefficient (Wildman–Crippen LogP) is 2.74. The minimum absolute atomic E-state index is 0.353. The Morgan fingerprint density at radius 3 is 2.69 bits per heavy atom. The van der Waals surface area contributed by atoms with Crippen molar-refractivity contribution in [3.63, 3.8) is 0 Å². The van der Waals surface area contributed by atoms with Crippen molar-refractivity contribution < 1.29 is 0 Å². The van der Waals surface area contributed by atoms with Gasteiger partial charge in [-0.05, 0) is 26.3 Å². The normalized spacial score (nSPS) is 12.8. The van der Waals surface area contributed by atoms with Crippen LogP contribution in [0.5, 0.6) is 0 Å². The Balaban J connectivity index is 2.84. The van der Waals surface area contributed by atoms with Crippen LogP contribution in [0, 0.1) is 6.92 Å². The van der Waals surface area contributed by atoms with Crippen LogP contribution in [0.3, 0.4) is 0 Å². The van der Waals surface area contributed by atoms with Crippen LogP contribution in [0.4, 0.5) is 0 Å². The molecule has 0 saturated heterocycles. The zero-order chi connectivity index (χ0) is 12.1. The zero-order valence-corrected chi connectivity index (χ0v) is 10.9. The molecule has 90 valence electrons. The number of aryl methyl sites for hydroxylation is 2. The van der Waals surface area contributed by atoms with Crippen molar-refractivity contribution >= 4 is 0 Å². The number of hydrogen-bond acceptors (Lipinski definition) is 2. The first-order valence-electron chi connectivity index (χ1n) is 5.98. The fourth-order valence-corrected chi connectivity index (χ4v) is 1.93. The van der Waals surface area contributed by atoms with E-state index in [0.717, 1.165) is 25.1 Å². The first-order valence-corrected chi connectivity index (χ1v) is 5.98. The molecule has 0 radical (unpaired) electrons. The highest BCUT2D eigenvalue weighted by Crippen LogP contribution is 2.23. The van der Waals surface area contributed by atoms with Gasteiger partial charge in [0.2, 0.25) is 0 Å². The van der Waals surface area contributed by atoms with Gasteiger partial charge in [-0.2, -0.15) is 5.10 Å². The number of aromatic nitrogens is 2. The molecule has 3 heteroatoms. The Bertz CT molecular complexity index is 352. The quantitative estimate of drug-likeness (QED) is 0.749. The largest absolute Gasteiger partial charge is 0.310 e. The van der Waals surface area contributed by atoms with Crippen LogP contribution >= 0.6 is 0 Å². The van der Waals surface area contributed by atoms with E-state index < -0.39 is 0 Å². The van der Waals surface area contributed by atoms with E-state index in [1.54, 1.807) is 0 Å². The highest BCUT2D eigenvalue weighted by molar-refractivity contribution is 5.22. The molecule has 1 atom stereocenters. The van der Waals surface area contributed by atoms with Crippen LogP contribution in [-0.4, -0.2) is 16.3 Å². The van der Waals surface area contributed by atoms with Crippen molar-refractivity contribution in [1.82, 2.24) is 15.1 Å². The van der Waals surface area contributed by atoms with Gasteiger partial charge in [-0.3, -0.25) is 4.68 Å². The fraction of sp³-hybridized carbons (Fsp3) is 0.615. The molecule has 0 saturated carbocycles. The molecule has 3 nitrogen and oxygen atoms in total. The second-order valence-electron chi connectivity index (χ2n) is 4.26. The molecule has 0 aliphatic carbocycles. The average Bonchev–Trinajstić information content (AvgIpc) is 2.57. The summed E-state index contributed by atoms with van der Waals surface area (Å²) >= 11 is 0. The Labute approximate surface area is 98.5 Å². The third-order valence-electron chi connectivity index (χ3n) is 2.87. The van der Waals surface area contributed by atoms with Gasteiger partial charge in [0, 0.05) is 24.8 Å². The summed E-state index contributed by atoms with van der Waals surface area (Å²) in [5, 5.41) is 7.90. The second-order valence-corrected chi connectivity index (χ2v) is 4.26. The van der Waals surface area contributed by atoms with E-state index in [1.165, 1.54) is 11.1 Å². The highest BCUT2D eigenvalue weighted by atomic mass is 15.3. The van der Waals surface area contributed by atoms with Crippen molar-refractivity contribution in [3.05, 3.63) is 29.6 Å². The molecule has 0 bridgehead atoms. The molecule has 1 heterocycles. The molecule has 0 amide bonds. The first-order chi connectivity index (χ1) is 7.58. The minimum Gasteiger partial charge on any atom is -0.310 e. The van der Waals surface area contributed by atoms with E-state index >= 15 is 0 Å². The summed E-state index contributed by atoms with van der Waals surface area (Å²) in [4.78, 5) is 0. The minimum atomic E-state index is 0.353. The third-order valence-corrected chi connectivity index (χ3v) is 2.87. The van der Waals surface area contributed by atoms with Crippen LogP contribution in [0.1, 0.15) is 44.0 Å². The molecule has 1 rings (SSSR count). The van der Waals surface area contributed by atoms with Crippen molar-refractivity contribution in [2.45, 2.75) is 39.7 Å².